The fourth-order valence-corrected chi connectivity index (χ4v) is 2.13. The lowest BCUT2D eigenvalue weighted by atomic mass is 10.3. The summed E-state index contributed by atoms with van der Waals surface area (Å²) in [6.07, 6.45) is 0.266. The van der Waals surface area contributed by atoms with E-state index in [4.69, 9.17) is 10.5 Å². The molecule has 0 saturated heterocycles. The van der Waals surface area contributed by atoms with Crippen molar-refractivity contribution in [2.24, 2.45) is 0 Å². The molecule has 4 nitrogen and oxygen atoms in total. The number of nitrogens with zero attached hydrogens (tertiary/aromatic N) is 3. The molecule has 0 radical (unpaired) electrons. The second kappa shape index (κ2) is 5.89. The highest BCUT2D eigenvalue weighted by atomic mass is 32.1. The molecule has 1 aromatic heterocycles. The van der Waals surface area contributed by atoms with Gasteiger partial charge < -0.3 is 4.90 Å². The summed E-state index contributed by atoms with van der Waals surface area (Å²) in [5, 5.41) is 17.1. The van der Waals surface area contributed by atoms with Crippen molar-refractivity contribution in [2.75, 3.05) is 13.1 Å². The van der Waals surface area contributed by atoms with Crippen LogP contribution >= 0.6 is 11.3 Å². The van der Waals surface area contributed by atoms with Gasteiger partial charge in [-0.3, -0.25) is 4.79 Å². The monoisotopic (exact) mass is 233 g/mol. The molecule has 0 aliphatic heterocycles. The molecular formula is C11H11N3OS. The first-order chi connectivity index (χ1) is 7.67. The SMILES string of the molecule is Cc1ccc(CC(=O)N(CC#N)CC#N)s1. The Bertz CT molecular complexity index is 437. The summed E-state index contributed by atoms with van der Waals surface area (Å²) >= 11 is 1.56. The van der Waals surface area contributed by atoms with Gasteiger partial charge >= 0.3 is 0 Å². The van der Waals surface area contributed by atoms with E-state index in [1.807, 2.05) is 31.2 Å². The van der Waals surface area contributed by atoms with Gasteiger partial charge in [0, 0.05) is 9.75 Å². The predicted octanol–water partition coefficient (Wildman–Crippen LogP) is 1.47. The Labute approximate surface area is 98.3 Å². The van der Waals surface area contributed by atoms with Crippen LogP contribution in [0.25, 0.3) is 0 Å². The molecule has 0 aliphatic rings. The van der Waals surface area contributed by atoms with Gasteiger partial charge in [-0.05, 0) is 19.1 Å². The number of hydrogen-bond donors (Lipinski definition) is 0. The summed E-state index contributed by atoms with van der Waals surface area (Å²) in [5.41, 5.74) is 0. The molecule has 1 heterocycles. The molecule has 16 heavy (non-hydrogen) atoms. The van der Waals surface area contributed by atoms with Gasteiger partial charge in [0.05, 0.1) is 18.6 Å². The van der Waals surface area contributed by atoms with E-state index in [0.29, 0.717) is 0 Å². The van der Waals surface area contributed by atoms with E-state index in [1.165, 1.54) is 4.90 Å². The van der Waals surface area contributed by atoms with Gasteiger partial charge in [0.2, 0.25) is 5.91 Å². The van der Waals surface area contributed by atoms with Crippen molar-refractivity contribution in [1.29, 1.82) is 10.5 Å². The summed E-state index contributed by atoms with van der Waals surface area (Å²) in [7, 11) is 0. The average Bonchev–Trinajstić information content (AvgIpc) is 2.63. The van der Waals surface area contributed by atoms with Crippen molar-refractivity contribution in [3.63, 3.8) is 0 Å². The second-order valence-corrected chi connectivity index (χ2v) is 4.63. The molecule has 0 saturated carbocycles. The summed E-state index contributed by atoms with van der Waals surface area (Å²) in [4.78, 5) is 15.1. The smallest absolute Gasteiger partial charge is 0.229 e. The van der Waals surface area contributed by atoms with Crippen LogP contribution in [-0.4, -0.2) is 23.9 Å². The minimum atomic E-state index is -0.176. The topological polar surface area (TPSA) is 67.9 Å². The molecule has 1 amide bonds. The number of aryl methyl sites for hydroxylation is 1. The molecule has 0 unspecified atom stereocenters. The first-order valence-electron chi connectivity index (χ1n) is 4.74. The Hall–Kier alpha value is -1.85. The number of rotatable bonds is 4. The summed E-state index contributed by atoms with van der Waals surface area (Å²) in [6, 6.07) is 7.61. The molecule has 0 aliphatic carbocycles. The van der Waals surface area contributed by atoms with Crippen molar-refractivity contribution in [2.45, 2.75) is 13.3 Å². The van der Waals surface area contributed by atoms with Crippen LogP contribution in [0.1, 0.15) is 9.75 Å². The highest BCUT2D eigenvalue weighted by Crippen LogP contribution is 2.16. The van der Waals surface area contributed by atoms with E-state index in [9.17, 15) is 4.79 Å². The number of carbonyl (C=O) groups excluding carboxylic acids is 1. The Kier molecular flexibility index (Phi) is 4.50. The van der Waals surface area contributed by atoms with Gasteiger partial charge in [-0.15, -0.1) is 11.3 Å². The van der Waals surface area contributed by atoms with E-state index in [0.717, 1.165) is 9.75 Å². The molecule has 1 rings (SSSR count). The van der Waals surface area contributed by atoms with Crippen LogP contribution in [0.2, 0.25) is 0 Å². The predicted molar refractivity (Wildman–Crippen MR) is 60.6 cm³/mol. The van der Waals surface area contributed by atoms with Crippen LogP contribution in [0, 0.1) is 29.6 Å². The lowest BCUT2D eigenvalue weighted by Gasteiger charge is -2.14. The zero-order valence-electron chi connectivity index (χ0n) is 8.93. The summed E-state index contributed by atoms with van der Waals surface area (Å²) in [5.74, 6) is -0.176. The third-order valence-electron chi connectivity index (χ3n) is 2.00. The molecule has 0 atom stereocenters. The van der Waals surface area contributed by atoms with Crippen molar-refractivity contribution in [3.8, 4) is 12.1 Å². The molecule has 0 bridgehead atoms. The maximum Gasteiger partial charge on any atom is 0.229 e. The number of thiophene rings is 1. The van der Waals surface area contributed by atoms with Gasteiger partial charge in [0.15, 0.2) is 0 Å². The Balaban J connectivity index is 2.63. The molecule has 5 heteroatoms. The number of amides is 1. The van der Waals surface area contributed by atoms with Crippen LogP contribution in [0.15, 0.2) is 12.1 Å². The highest BCUT2D eigenvalue weighted by molar-refractivity contribution is 7.12. The van der Waals surface area contributed by atoms with Crippen molar-refractivity contribution in [1.82, 2.24) is 4.90 Å². The van der Waals surface area contributed by atoms with Crippen LogP contribution in [-0.2, 0) is 11.2 Å². The third-order valence-corrected chi connectivity index (χ3v) is 3.00. The minimum absolute atomic E-state index is 0.0310. The molecule has 0 fully saturated rings. The highest BCUT2D eigenvalue weighted by Gasteiger charge is 2.13. The van der Waals surface area contributed by atoms with Crippen molar-refractivity contribution < 1.29 is 4.79 Å². The van der Waals surface area contributed by atoms with Gasteiger partial charge in [-0.1, -0.05) is 0 Å². The average molecular weight is 233 g/mol. The van der Waals surface area contributed by atoms with Crippen LogP contribution in [0.5, 0.6) is 0 Å². The molecule has 0 N–H and O–H groups in total. The second-order valence-electron chi connectivity index (χ2n) is 3.26. The van der Waals surface area contributed by atoms with Crippen LogP contribution in [0.3, 0.4) is 0 Å². The zero-order chi connectivity index (χ0) is 12.0. The van der Waals surface area contributed by atoms with Crippen LogP contribution < -0.4 is 0 Å². The third kappa shape index (κ3) is 3.38. The number of hydrogen-bond acceptors (Lipinski definition) is 4. The fourth-order valence-electron chi connectivity index (χ4n) is 1.24. The van der Waals surface area contributed by atoms with Gasteiger partial charge in [0.1, 0.15) is 13.1 Å². The number of carbonyl (C=O) groups is 1. The molecule has 1 aromatic rings. The van der Waals surface area contributed by atoms with Crippen molar-refractivity contribution >= 4 is 17.2 Å². The first-order valence-corrected chi connectivity index (χ1v) is 5.56. The maximum absolute atomic E-state index is 11.7. The van der Waals surface area contributed by atoms with Crippen LogP contribution in [0.4, 0.5) is 0 Å². The van der Waals surface area contributed by atoms with E-state index in [-0.39, 0.29) is 25.4 Å². The Morgan fingerprint density at radius 1 is 1.38 bits per heavy atom. The molecular weight excluding hydrogens is 222 g/mol. The minimum Gasteiger partial charge on any atom is -0.316 e. The normalized spacial score (nSPS) is 9.19. The lowest BCUT2D eigenvalue weighted by Crippen LogP contribution is -2.32. The Morgan fingerprint density at radius 2 is 2.00 bits per heavy atom. The summed E-state index contributed by atoms with van der Waals surface area (Å²) in [6.45, 7) is 1.91. The molecule has 82 valence electrons. The molecule has 0 spiro atoms. The maximum atomic E-state index is 11.7. The number of nitriles is 2. The van der Waals surface area contributed by atoms with E-state index in [1.54, 1.807) is 11.3 Å². The Morgan fingerprint density at radius 3 is 2.44 bits per heavy atom. The molecule has 0 aromatic carbocycles. The zero-order valence-corrected chi connectivity index (χ0v) is 9.75. The van der Waals surface area contributed by atoms with Gasteiger partial charge in [-0.2, -0.15) is 10.5 Å². The van der Waals surface area contributed by atoms with Gasteiger partial charge in [-0.25, -0.2) is 0 Å². The standard InChI is InChI=1S/C11H11N3OS/c1-9-2-3-10(16-9)8-11(15)14(6-4-12)7-5-13/h2-3H,6-8H2,1H3. The van der Waals surface area contributed by atoms with Gasteiger partial charge in [0.25, 0.3) is 0 Å². The van der Waals surface area contributed by atoms with E-state index in [2.05, 4.69) is 0 Å². The first kappa shape index (κ1) is 12.2. The van der Waals surface area contributed by atoms with E-state index < -0.39 is 0 Å². The lowest BCUT2D eigenvalue weighted by molar-refractivity contribution is -0.129. The fraction of sp³-hybridized carbons (Fsp3) is 0.364. The quantitative estimate of drug-likeness (QED) is 0.739. The largest absolute Gasteiger partial charge is 0.316 e. The van der Waals surface area contributed by atoms with Crippen molar-refractivity contribution in [3.05, 3.63) is 21.9 Å². The summed E-state index contributed by atoms with van der Waals surface area (Å²) < 4.78 is 0. The van der Waals surface area contributed by atoms with E-state index >= 15 is 0 Å².